The summed E-state index contributed by atoms with van der Waals surface area (Å²) in [4.78, 5) is 35.8. The molecule has 3 N–H and O–H groups in total. The smallest absolute Gasteiger partial charge is 0.408 e. The lowest BCUT2D eigenvalue weighted by Crippen LogP contribution is -2.53. The van der Waals surface area contributed by atoms with Crippen molar-refractivity contribution < 1.29 is 24.2 Å². The molecule has 140 valence electrons. The maximum atomic E-state index is 12.5. The van der Waals surface area contributed by atoms with Crippen LogP contribution < -0.4 is 10.6 Å². The first kappa shape index (κ1) is 21.0. The average Bonchev–Trinajstić information content (AvgIpc) is 2.52. The summed E-state index contributed by atoms with van der Waals surface area (Å²) in [5.74, 6) is 0.313. The molecule has 0 aliphatic rings. The molecule has 2 atom stereocenters. The van der Waals surface area contributed by atoms with Crippen LogP contribution in [-0.2, 0) is 20.7 Å². The van der Waals surface area contributed by atoms with Gasteiger partial charge in [0.15, 0.2) is 0 Å². The summed E-state index contributed by atoms with van der Waals surface area (Å²) in [6.45, 7) is 5.10. The van der Waals surface area contributed by atoms with Gasteiger partial charge in [-0.25, -0.2) is 9.59 Å². The third kappa shape index (κ3) is 7.71. The Kier molecular flexibility index (Phi) is 7.66. The molecule has 0 radical (unpaired) electrons. The van der Waals surface area contributed by atoms with Crippen LogP contribution in [0.2, 0.25) is 0 Å². The molecule has 0 saturated heterocycles. The Morgan fingerprint density at radius 3 is 2.27 bits per heavy atom. The Morgan fingerprint density at radius 2 is 1.77 bits per heavy atom. The zero-order valence-electron chi connectivity index (χ0n) is 15.1. The molecule has 0 aliphatic heterocycles. The van der Waals surface area contributed by atoms with E-state index < -0.39 is 35.7 Å². The highest BCUT2D eigenvalue weighted by Crippen LogP contribution is 2.09. The van der Waals surface area contributed by atoms with Crippen LogP contribution in [0.25, 0.3) is 0 Å². The van der Waals surface area contributed by atoms with Gasteiger partial charge in [0.05, 0.1) is 0 Å². The van der Waals surface area contributed by atoms with Gasteiger partial charge in [0.25, 0.3) is 0 Å². The van der Waals surface area contributed by atoms with Gasteiger partial charge in [-0.05, 0) is 26.3 Å². The number of carbonyl (C=O) groups is 3. The van der Waals surface area contributed by atoms with Crippen LogP contribution in [-0.4, -0.2) is 40.8 Å². The minimum Gasteiger partial charge on any atom is -0.480 e. The first-order valence-electron chi connectivity index (χ1n) is 8.12. The molecular weight excluding hydrogens is 336 g/mol. The largest absolute Gasteiger partial charge is 0.480 e. The second-order valence-electron chi connectivity index (χ2n) is 6.70. The SMILES string of the molecule is C#CC[C@@H](NC(=O)[C@@H](Cc1ccccc1)NC(=O)OC(C)(C)C)C(=O)O. The number of ether oxygens (including phenoxy) is 1. The predicted molar refractivity (Wildman–Crippen MR) is 96.3 cm³/mol. The molecule has 0 aliphatic carbocycles. The Labute approximate surface area is 153 Å². The van der Waals surface area contributed by atoms with E-state index in [0.717, 1.165) is 5.56 Å². The number of carboxylic acids is 1. The van der Waals surface area contributed by atoms with Gasteiger partial charge in [-0.15, -0.1) is 12.3 Å². The van der Waals surface area contributed by atoms with E-state index in [2.05, 4.69) is 16.6 Å². The second kappa shape index (κ2) is 9.47. The maximum Gasteiger partial charge on any atom is 0.408 e. The molecular formula is C19H24N2O5. The number of alkyl carbamates (subject to hydrolysis) is 1. The number of aliphatic carboxylic acids is 1. The van der Waals surface area contributed by atoms with Gasteiger partial charge in [-0.2, -0.15) is 0 Å². The van der Waals surface area contributed by atoms with Crippen LogP contribution in [0, 0.1) is 12.3 Å². The highest BCUT2D eigenvalue weighted by atomic mass is 16.6. The van der Waals surface area contributed by atoms with E-state index in [1.807, 2.05) is 6.07 Å². The van der Waals surface area contributed by atoms with E-state index in [-0.39, 0.29) is 12.8 Å². The van der Waals surface area contributed by atoms with E-state index in [4.69, 9.17) is 16.3 Å². The number of terminal acetylenes is 1. The Morgan fingerprint density at radius 1 is 1.15 bits per heavy atom. The summed E-state index contributed by atoms with van der Waals surface area (Å²) in [6.07, 6.45) is 4.39. The molecule has 26 heavy (non-hydrogen) atoms. The molecule has 2 amide bonds. The van der Waals surface area contributed by atoms with Gasteiger partial charge in [-0.1, -0.05) is 30.3 Å². The van der Waals surface area contributed by atoms with Crippen molar-refractivity contribution in [2.24, 2.45) is 0 Å². The normalized spacial score (nSPS) is 13.0. The number of nitrogens with one attached hydrogen (secondary N) is 2. The van der Waals surface area contributed by atoms with Crippen molar-refractivity contribution in [2.75, 3.05) is 0 Å². The lowest BCUT2D eigenvalue weighted by molar-refractivity contribution is -0.141. The van der Waals surface area contributed by atoms with E-state index >= 15 is 0 Å². The van der Waals surface area contributed by atoms with Gasteiger partial charge in [0, 0.05) is 12.8 Å². The van der Waals surface area contributed by atoms with E-state index in [9.17, 15) is 14.4 Å². The van der Waals surface area contributed by atoms with Crippen LogP contribution in [0.4, 0.5) is 4.79 Å². The molecule has 1 rings (SSSR count). The summed E-state index contributed by atoms with van der Waals surface area (Å²) < 4.78 is 5.18. The molecule has 7 heteroatoms. The Balaban J connectivity index is 2.91. The molecule has 0 heterocycles. The molecule has 0 bridgehead atoms. The average molecular weight is 360 g/mol. The van der Waals surface area contributed by atoms with Gasteiger partial charge < -0.3 is 20.5 Å². The highest BCUT2D eigenvalue weighted by molar-refractivity contribution is 5.89. The summed E-state index contributed by atoms with van der Waals surface area (Å²) in [6, 6.07) is 6.79. The lowest BCUT2D eigenvalue weighted by Gasteiger charge is -2.24. The minimum atomic E-state index is -1.24. The molecule has 0 unspecified atom stereocenters. The van der Waals surface area contributed by atoms with E-state index in [0.29, 0.717) is 0 Å². The fourth-order valence-electron chi connectivity index (χ4n) is 2.10. The number of hydrogen-bond acceptors (Lipinski definition) is 4. The first-order valence-corrected chi connectivity index (χ1v) is 8.12. The summed E-state index contributed by atoms with van der Waals surface area (Å²) in [5.41, 5.74) is 0.0674. The van der Waals surface area contributed by atoms with Crippen molar-refractivity contribution >= 4 is 18.0 Å². The number of benzene rings is 1. The number of carbonyl (C=O) groups excluding carboxylic acids is 2. The van der Waals surface area contributed by atoms with Gasteiger partial charge in [-0.3, -0.25) is 4.79 Å². The number of rotatable bonds is 7. The van der Waals surface area contributed by atoms with Crippen LogP contribution >= 0.6 is 0 Å². The zero-order chi connectivity index (χ0) is 19.7. The monoisotopic (exact) mass is 360 g/mol. The van der Waals surface area contributed by atoms with E-state index in [1.165, 1.54) is 0 Å². The molecule has 1 aromatic carbocycles. The van der Waals surface area contributed by atoms with Crippen LogP contribution in [0.1, 0.15) is 32.8 Å². The number of carboxylic acid groups (broad SMARTS) is 1. The molecule has 0 aromatic heterocycles. The molecule has 0 spiro atoms. The molecule has 7 nitrogen and oxygen atoms in total. The van der Waals surface area contributed by atoms with Crippen molar-refractivity contribution in [1.29, 1.82) is 0 Å². The predicted octanol–water partition coefficient (Wildman–Crippen LogP) is 1.72. The molecule has 1 aromatic rings. The quantitative estimate of drug-likeness (QED) is 0.642. The highest BCUT2D eigenvalue weighted by Gasteiger charge is 2.28. The zero-order valence-corrected chi connectivity index (χ0v) is 15.1. The van der Waals surface area contributed by atoms with E-state index in [1.54, 1.807) is 45.0 Å². The van der Waals surface area contributed by atoms with Gasteiger partial charge in [0.1, 0.15) is 17.7 Å². The van der Waals surface area contributed by atoms with Crippen LogP contribution in [0.15, 0.2) is 30.3 Å². The summed E-state index contributed by atoms with van der Waals surface area (Å²) in [5, 5.41) is 14.0. The first-order chi connectivity index (χ1) is 12.1. The van der Waals surface area contributed by atoms with Crippen LogP contribution in [0.3, 0.4) is 0 Å². The van der Waals surface area contributed by atoms with Gasteiger partial charge >= 0.3 is 12.1 Å². The Bertz CT molecular complexity index is 673. The van der Waals surface area contributed by atoms with Crippen molar-refractivity contribution in [3.05, 3.63) is 35.9 Å². The third-order valence-corrected chi connectivity index (χ3v) is 3.23. The van der Waals surface area contributed by atoms with Crippen molar-refractivity contribution in [3.8, 4) is 12.3 Å². The van der Waals surface area contributed by atoms with Crippen molar-refractivity contribution in [1.82, 2.24) is 10.6 Å². The Hall–Kier alpha value is -3.01. The third-order valence-electron chi connectivity index (χ3n) is 3.23. The van der Waals surface area contributed by atoms with Crippen molar-refractivity contribution in [3.63, 3.8) is 0 Å². The van der Waals surface area contributed by atoms with Gasteiger partial charge in [0.2, 0.25) is 5.91 Å². The second-order valence-corrected chi connectivity index (χ2v) is 6.70. The summed E-state index contributed by atoms with van der Waals surface area (Å²) in [7, 11) is 0. The summed E-state index contributed by atoms with van der Waals surface area (Å²) >= 11 is 0. The molecule has 0 fully saturated rings. The fourth-order valence-corrected chi connectivity index (χ4v) is 2.10. The minimum absolute atomic E-state index is 0.161. The van der Waals surface area contributed by atoms with Crippen LogP contribution in [0.5, 0.6) is 0 Å². The fraction of sp³-hybridized carbons (Fsp3) is 0.421. The standard InChI is InChI=1S/C19H24N2O5/c1-5-9-14(17(23)24)20-16(22)15(12-13-10-7-6-8-11-13)21-18(25)26-19(2,3)4/h1,6-8,10-11,14-15H,9,12H2,2-4H3,(H,20,22)(H,21,25)(H,23,24)/t14-,15-/m1/s1. The number of amides is 2. The molecule has 0 saturated carbocycles. The lowest BCUT2D eigenvalue weighted by atomic mass is 10.0. The number of hydrogen-bond donors (Lipinski definition) is 3. The topological polar surface area (TPSA) is 105 Å². The van der Waals surface area contributed by atoms with Crippen molar-refractivity contribution in [2.45, 2.75) is 51.3 Å². The maximum absolute atomic E-state index is 12.5.